The second-order valence-corrected chi connectivity index (χ2v) is 4.24. The number of methoxy groups -OCH3 is 1. The first-order chi connectivity index (χ1) is 9.35. The van der Waals surface area contributed by atoms with Crippen LogP contribution in [0, 0.1) is 0 Å². The lowest BCUT2D eigenvalue weighted by Crippen LogP contribution is -2.07. The van der Waals surface area contributed by atoms with Crippen LogP contribution in [0.25, 0.3) is 0 Å². The van der Waals surface area contributed by atoms with Crippen molar-refractivity contribution >= 4 is 0 Å². The van der Waals surface area contributed by atoms with E-state index in [1.807, 2.05) is 49.5 Å². The van der Waals surface area contributed by atoms with Crippen LogP contribution in [0.4, 0.5) is 0 Å². The summed E-state index contributed by atoms with van der Waals surface area (Å²) in [5.74, 6) is 1.76. The summed E-state index contributed by atoms with van der Waals surface area (Å²) in [7, 11) is 3.60. The third-order valence-corrected chi connectivity index (χ3v) is 2.92. The lowest BCUT2D eigenvalue weighted by atomic mass is 10.2. The first-order valence-electron chi connectivity index (χ1n) is 6.32. The van der Waals surface area contributed by atoms with Crippen LogP contribution in [0.2, 0.25) is 0 Å². The van der Waals surface area contributed by atoms with Crippen LogP contribution in [-0.4, -0.2) is 14.2 Å². The van der Waals surface area contributed by atoms with E-state index in [-0.39, 0.29) is 0 Å². The molecule has 0 aliphatic carbocycles. The van der Waals surface area contributed by atoms with E-state index in [0.29, 0.717) is 6.61 Å². The van der Waals surface area contributed by atoms with E-state index in [0.717, 1.165) is 29.2 Å². The summed E-state index contributed by atoms with van der Waals surface area (Å²) < 4.78 is 11.2. The summed E-state index contributed by atoms with van der Waals surface area (Å²) in [6.45, 7) is 1.30. The van der Waals surface area contributed by atoms with Gasteiger partial charge in [-0.05, 0) is 19.2 Å². The molecule has 2 rings (SSSR count). The molecule has 0 saturated heterocycles. The first-order valence-corrected chi connectivity index (χ1v) is 6.32. The summed E-state index contributed by atoms with van der Waals surface area (Å²) in [6.07, 6.45) is 0. The molecule has 3 nitrogen and oxygen atoms in total. The number of para-hydroxylation sites is 2. The van der Waals surface area contributed by atoms with Gasteiger partial charge in [0.25, 0.3) is 0 Å². The van der Waals surface area contributed by atoms with Crippen LogP contribution in [-0.2, 0) is 13.2 Å². The molecule has 0 bridgehead atoms. The number of hydrogen-bond donors (Lipinski definition) is 1. The highest BCUT2D eigenvalue weighted by Gasteiger charge is 2.05. The highest BCUT2D eigenvalue weighted by atomic mass is 16.5. The minimum Gasteiger partial charge on any atom is -0.496 e. The van der Waals surface area contributed by atoms with Crippen molar-refractivity contribution in [3.05, 3.63) is 59.7 Å². The minimum absolute atomic E-state index is 0.505. The van der Waals surface area contributed by atoms with Gasteiger partial charge in [-0.2, -0.15) is 0 Å². The number of hydrogen-bond acceptors (Lipinski definition) is 3. The lowest BCUT2D eigenvalue weighted by molar-refractivity contribution is 0.293. The molecule has 0 saturated carbocycles. The molecular formula is C16H19NO2. The lowest BCUT2D eigenvalue weighted by Gasteiger charge is -2.13. The number of rotatable bonds is 6. The third kappa shape index (κ3) is 3.48. The Morgan fingerprint density at radius 2 is 1.53 bits per heavy atom. The monoisotopic (exact) mass is 257 g/mol. The zero-order valence-electron chi connectivity index (χ0n) is 11.3. The van der Waals surface area contributed by atoms with Crippen LogP contribution < -0.4 is 14.8 Å². The molecule has 0 amide bonds. The Balaban J connectivity index is 2.10. The van der Waals surface area contributed by atoms with E-state index in [4.69, 9.17) is 9.47 Å². The predicted molar refractivity (Wildman–Crippen MR) is 76.5 cm³/mol. The molecule has 0 aromatic heterocycles. The zero-order chi connectivity index (χ0) is 13.5. The van der Waals surface area contributed by atoms with Gasteiger partial charge in [-0.3, -0.25) is 0 Å². The van der Waals surface area contributed by atoms with Gasteiger partial charge in [0, 0.05) is 17.7 Å². The van der Waals surface area contributed by atoms with Crippen molar-refractivity contribution in [1.82, 2.24) is 5.32 Å². The Hall–Kier alpha value is -2.00. The molecule has 0 unspecified atom stereocenters. The van der Waals surface area contributed by atoms with E-state index in [2.05, 4.69) is 11.4 Å². The van der Waals surface area contributed by atoms with E-state index >= 15 is 0 Å². The van der Waals surface area contributed by atoms with Gasteiger partial charge in [0.05, 0.1) is 7.11 Å². The fraction of sp³-hybridized carbons (Fsp3) is 0.250. The molecule has 0 atom stereocenters. The number of ether oxygens (including phenoxy) is 2. The van der Waals surface area contributed by atoms with Crippen molar-refractivity contribution in [2.24, 2.45) is 0 Å². The molecule has 0 fully saturated rings. The van der Waals surface area contributed by atoms with Gasteiger partial charge in [-0.25, -0.2) is 0 Å². The van der Waals surface area contributed by atoms with Gasteiger partial charge in [0.15, 0.2) is 0 Å². The maximum absolute atomic E-state index is 5.90. The molecule has 2 aromatic rings. The van der Waals surface area contributed by atoms with E-state index in [9.17, 15) is 0 Å². The van der Waals surface area contributed by atoms with Gasteiger partial charge < -0.3 is 14.8 Å². The van der Waals surface area contributed by atoms with Crippen LogP contribution in [0.1, 0.15) is 11.1 Å². The van der Waals surface area contributed by atoms with Crippen LogP contribution in [0.3, 0.4) is 0 Å². The largest absolute Gasteiger partial charge is 0.496 e. The Labute approximate surface area is 114 Å². The Kier molecular flexibility index (Phi) is 4.81. The van der Waals surface area contributed by atoms with E-state index in [1.54, 1.807) is 7.11 Å². The van der Waals surface area contributed by atoms with Crippen molar-refractivity contribution < 1.29 is 9.47 Å². The topological polar surface area (TPSA) is 30.5 Å². The van der Waals surface area contributed by atoms with Crippen molar-refractivity contribution in [2.75, 3.05) is 14.2 Å². The quantitative estimate of drug-likeness (QED) is 0.863. The second-order valence-electron chi connectivity index (χ2n) is 4.24. The fourth-order valence-electron chi connectivity index (χ4n) is 1.96. The SMILES string of the molecule is CNCc1ccccc1OCc1ccccc1OC. The summed E-state index contributed by atoms with van der Waals surface area (Å²) in [5.41, 5.74) is 2.20. The molecule has 0 aliphatic heterocycles. The van der Waals surface area contributed by atoms with Crippen molar-refractivity contribution in [1.29, 1.82) is 0 Å². The molecular weight excluding hydrogens is 238 g/mol. The normalized spacial score (nSPS) is 10.2. The molecule has 0 heterocycles. The zero-order valence-corrected chi connectivity index (χ0v) is 11.3. The Bertz CT molecular complexity index is 526. The van der Waals surface area contributed by atoms with Gasteiger partial charge in [0.2, 0.25) is 0 Å². The molecule has 2 aromatic carbocycles. The molecule has 3 heteroatoms. The molecule has 100 valence electrons. The van der Waals surface area contributed by atoms with Crippen LogP contribution in [0.5, 0.6) is 11.5 Å². The fourth-order valence-corrected chi connectivity index (χ4v) is 1.96. The maximum Gasteiger partial charge on any atom is 0.125 e. The average Bonchev–Trinajstić information content (AvgIpc) is 2.47. The molecule has 1 N–H and O–H groups in total. The summed E-state index contributed by atoms with van der Waals surface area (Å²) in [5, 5.41) is 3.14. The summed E-state index contributed by atoms with van der Waals surface area (Å²) in [4.78, 5) is 0. The first kappa shape index (κ1) is 13.4. The van der Waals surface area contributed by atoms with Crippen LogP contribution >= 0.6 is 0 Å². The Morgan fingerprint density at radius 3 is 2.21 bits per heavy atom. The maximum atomic E-state index is 5.90. The Morgan fingerprint density at radius 1 is 0.895 bits per heavy atom. The highest BCUT2D eigenvalue weighted by Crippen LogP contribution is 2.22. The minimum atomic E-state index is 0.505. The summed E-state index contributed by atoms with van der Waals surface area (Å²) >= 11 is 0. The standard InChI is InChI=1S/C16H19NO2/c1-17-11-13-7-3-6-10-16(13)19-12-14-8-4-5-9-15(14)18-2/h3-10,17H,11-12H2,1-2H3. The molecule has 0 radical (unpaired) electrons. The van der Waals surface area contributed by atoms with Gasteiger partial charge in [0.1, 0.15) is 18.1 Å². The molecule has 0 spiro atoms. The van der Waals surface area contributed by atoms with Crippen LogP contribution in [0.15, 0.2) is 48.5 Å². The smallest absolute Gasteiger partial charge is 0.125 e. The van der Waals surface area contributed by atoms with E-state index < -0.39 is 0 Å². The van der Waals surface area contributed by atoms with Crippen molar-refractivity contribution in [3.8, 4) is 11.5 Å². The van der Waals surface area contributed by atoms with Gasteiger partial charge in [-0.1, -0.05) is 36.4 Å². The number of benzene rings is 2. The second kappa shape index (κ2) is 6.81. The van der Waals surface area contributed by atoms with Gasteiger partial charge >= 0.3 is 0 Å². The van der Waals surface area contributed by atoms with Crippen molar-refractivity contribution in [3.63, 3.8) is 0 Å². The van der Waals surface area contributed by atoms with Crippen molar-refractivity contribution in [2.45, 2.75) is 13.2 Å². The predicted octanol–water partition coefficient (Wildman–Crippen LogP) is 2.99. The third-order valence-electron chi connectivity index (χ3n) is 2.92. The van der Waals surface area contributed by atoms with E-state index in [1.165, 1.54) is 0 Å². The highest BCUT2D eigenvalue weighted by molar-refractivity contribution is 5.36. The molecule has 19 heavy (non-hydrogen) atoms. The average molecular weight is 257 g/mol. The number of nitrogens with one attached hydrogen (secondary N) is 1. The van der Waals surface area contributed by atoms with Gasteiger partial charge in [-0.15, -0.1) is 0 Å². The summed E-state index contributed by atoms with van der Waals surface area (Å²) in [6, 6.07) is 15.9. The molecule has 0 aliphatic rings.